The van der Waals surface area contributed by atoms with Crippen molar-refractivity contribution in [3.05, 3.63) is 24.3 Å². The summed E-state index contributed by atoms with van der Waals surface area (Å²) in [6.07, 6.45) is 6.65. The summed E-state index contributed by atoms with van der Waals surface area (Å²) in [7, 11) is 2.02. The summed E-state index contributed by atoms with van der Waals surface area (Å²) in [5.74, 6) is 0.782. The Bertz CT molecular complexity index is 314. The Hall–Kier alpha value is -1.00. The number of hydrogen-bond donors (Lipinski definition) is 1. The molecule has 16 heavy (non-hydrogen) atoms. The topological polar surface area (TPSA) is 41.0 Å². The van der Waals surface area contributed by atoms with Crippen LogP contribution in [0.1, 0.15) is 25.1 Å². The molecule has 0 radical (unpaired) electrons. The van der Waals surface area contributed by atoms with Crippen molar-refractivity contribution in [1.29, 1.82) is 0 Å². The molecule has 2 heterocycles. The van der Waals surface area contributed by atoms with E-state index < -0.39 is 0 Å². The van der Waals surface area contributed by atoms with Crippen molar-refractivity contribution in [2.75, 3.05) is 26.7 Å². The standard InChI is InChI=1S/C12H20N4/c1-10(12-8-14-4-5-15-12)16-6-3-11(9-16)7-13-2/h4-5,8,10-11,13H,3,6-7,9H2,1-2H3. The lowest BCUT2D eigenvalue weighted by atomic mass is 10.1. The average Bonchev–Trinajstić information content (AvgIpc) is 2.78. The van der Waals surface area contributed by atoms with Crippen molar-refractivity contribution in [3.8, 4) is 0 Å². The Labute approximate surface area is 97.1 Å². The van der Waals surface area contributed by atoms with Gasteiger partial charge in [0.15, 0.2) is 0 Å². The second-order valence-electron chi connectivity index (χ2n) is 4.51. The fourth-order valence-electron chi connectivity index (χ4n) is 2.38. The second-order valence-corrected chi connectivity index (χ2v) is 4.51. The largest absolute Gasteiger partial charge is 0.319 e. The van der Waals surface area contributed by atoms with Gasteiger partial charge in [0.25, 0.3) is 0 Å². The predicted octanol–water partition coefficient (Wildman–Crippen LogP) is 1.08. The fraction of sp³-hybridized carbons (Fsp3) is 0.667. The predicted molar refractivity (Wildman–Crippen MR) is 64.1 cm³/mol. The maximum absolute atomic E-state index is 4.37. The molecule has 1 saturated heterocycles. The van der Waals surface area contributed by atoms with E-state index in [0.29, 0.717) is 6.04 Å². The lowest BCUT2D eigenvalue weighted by Crippen LogP contribution is -2.27. The van der Waals surface area contributed by atoms with E-state index in [4.69, 9.17) is 0 Å². The Kier molecular flexibility index (Phi) is 3.85. The van der Waals surface area contributed by atoms with Crippen LogP contribution < -0.4 is 5.32 Å². The van der Waals surface area contributed by atoms with Crippen LogP contribution in [-0.2, 0) is 0 Å². The van der Waals surface area contributed by atoms with E-state index in [1.165, 1.54) is 19.5 Å². The lowest BCUT2D eigenvalue weighted by molar-refractivity contribution is 0.247. The third-order valence-electron chi connectivity index (χ3n) is 3.37. The zero-order valence-electron chi connectivity index (χ0n) is 10.1. The lowest BCUT2D eigenvalue weighted by Gasteiger charge is -2.23. The van der Waals surface area contributed by atoms with Gasteiger partial charge in [-0.2, -0.15) is 0 Å². The quantitative estimate of drug-likeness (QED) is 0.824. The van der Waals surface area contributed by atoms with E-state index in [1.807, 2.05) is 13.2 Å². The van der Waals surface area contributed by atoms with Crippen LogP contribution in [0.4, 0.5) is 0 Å². The Morgan fingerprint density at radius 3 is 3.12 bits per heavy atom. The van der Waals surface area contributed by atoms with Crippen molar-refractivity contribution >= 4 is 0 Å². The minimum Gasteiger partial charge on any atom is -0.319 e. The molecule has 1 aliphatic heterocycles. The van der Waals surface area contributed by atoms with Gasteiger partial charge in [0.05, 0.1) is 11.7 Å². The van der Waals surface area contributed by atoms with E-state index in [0.717, 1.165) is 18.2 Å². The number of likely N-dealkylation sites (tertiary alicyclic amines) is 1. The van der Waals surface area contributed by atoms with Gasteiger partial charge < -0.3 is 5.32 Å². The van der Waals surface area contributed by atoms with Gasteiger partial charge >= 0.3 is 0 Å². The van der Waals surface area contributed by atoms with Crippen LogP contribution in [-0.4, -0.2) is 41.5 Å². The van der Waals surface area contributed by atoms with Gasteiger partial charge in [0, 0.05) is 25.1 Å². The van der Waals surface area contributed by atoms with Crippen LogP contribution in [0.3, 0.4) is 0 Å². The summed E-state index contributed by atoms with van der Waals surface area (Å²) < 4.78 is 0. The van der Waals surface area contributed by atoms with Gasteiger partial charge in [-0.25, -0.2) is 0 Å². The molecule has 0 amide bonds. The highest BCUT2D eigenvalue weighted by Gasteiger charge is 2.26. The van der Waals surface area contributed by atoms with Crippen LogP contribution in [0.5, 0.6) is 0 Å². The Morgan fingerprint density at radius 2 is 2.44 bits per heavy atom. The maximum Gasteiger partial charge on any atom is 0.0755 e. The minimum absolute atomic E-state index is 0.385. The number of nitrogens with one attached hydrogen (secondary N) is 1. The Balaban J connectivity index is 1.94. The van der Waals surface area contributed by atoms with E-state index in [2.05, 4.69) is 27.1 Å². The fourth-order valence-corrected chi connectivity index (χ4v) is 2.38. The molecule has 0 aliphatic carbocycles. The summed E-state index contributed by atoms with van der Waals surface area (Å²) in [5.41, 5.74) is 1.08. The molecule has 2 unspecified atom stereocenters. The van der Waals surface area contributed by atoms with Crippen molar-refractivity contribution in [2.45, 2.75) is 19.4 Å². The molecule has 0 spiro atoms. The van der Waals surface area contributed by atoms with Crippen LogP contribution in [0.2, 0.25) is 0 Å². The molecule has 88 valence electrons. The first-order valence-electron chi connectivity index (χ1n) is 5.96. The average molecular weight is 220 g/mol. The SMILES string of the molecule is CNCC1CCN(C(C)c2cnccn2)C1. The zero-order chi connectivity index (χ0) is 11.4. The van der Waals surface area contributed by atoms with E-state index in [9.17, 15) is 0 Å². The van der Waals surface area contributed by atoms with Crippen LogP contribution in [0.25, 0.3) is 0 Å². The summed E-state index contributed by atoms with van der Waals surface area (Å²) >= 11 is 0. The van der Waals surface area contributed by atoms with E-state index >= 15 is 0 Å². The normalized spacial score (nSPS) is 23.5. The monoisotopic (exact) mass is 220 g/mol. The molecule has 4 nitrogen and oxygen atoms in total. The van der Waals surface area contributed by atoms with Crippen molar-refractivity contribution < 1.29 is 0 Å². The molecule has 4 heteroatoms. The van der Waals surface area contributed by atoms with Crippen molar-refractivity contribution in [1.82, 2.24) is 20.2 Å². The number of nitrogens with zero attached hydrogens (tertiary/aromatic N) is 3. The maximum atomic E-state index is 4.37. The smallest absolute Gasteiger partial charge is 0.0755 e. The number of aromatic nitrogens is 2. The minimum atomic E-state index is 0.385. The first kappa shape index (κ1) is 11.5. The molecule has 1 aliphatic rings. The molecular weight excluding hydrogens is 200 g/mol. The first-order valence-corrected chi connectivity index (χ1v) is 5.96. The second kappa shape index (κ2) is 5.37. The highest BCUT2D eigenvalue weighted by Crippen LogP contribution is 2.25. The van der Waals surface area contributed by atoms with Crippen molar-refractivity contribution in [2.24, 2.45) is 5.92 Å². The van der Waals surface area contributed by atoms with Crippen molar-refractivity contribution in [3.63, 3.8) is 0 Å². The molecule has 1 fully saturated rings. The molecule has 0 aromatic carbocycles. The number of hydrogen-bond acceptors (Lipinski definition) is 4. The van der Waals surface area contributed by atoms with Crippen LogP contribution in [0.15, 0.2) is 18.6 Å². The summed E-state index contributed by atoms with van der Waals surface area (Å²) in [6.45, 7) is 5.66. The summed E-state index contributed by atoms with van der Waals surface area (Å²) in [4.78, 5) is 11.0. The molecule has 0 saturated carbocycles. The van der Waals surface area contributed by atoms with Gasteiger partial charge in [-0.1, -0.05) is 0 Å². The van der Waals surface area contributed by atoms with E-state index in [1.54, 1.807) is 12.4 Å². The first-order chi connectivity index (χ1) is 7.81. The summed E-state index contributed by atoms with van der Waals surface area (Å²) in [6, 6.07) is 0.385. The molecule has 1 aromatic heterocycles. The van der Waals surface area contributed by atoms with Gasteiger partial charge in [0.1, 0.15) is 0 Å². The highest BCUT2D eigenvalue weighted by atomic mass is 15.2. The van der Waals surface area contributed by atoms with Crippen LogP contribution >= 0.6 is 0 Å². The van der Waals surface area contributed by atoms with Crippen LogP contribution in [0, 0.1) is 5.92 Å². The zero-order valence-corrected chi connectivity index (χ0v) is 10.1. The van der Waals surface area contributed by atoms with Gasteiger partial charge in [-0.15, -0.1) is 0 Å². The highest BCUT2D eigenvalue weighted by molar-refractivity contribution is 5.02. The molecule has 1 aromatic rings. The van der Waals surface area contributed by atoms with E-state index in [-0.39, 0.29) is 0 Å². The molecule has 1 N–H and O–H groups in total. The molecular formula is C12H20N4. The third kappa shape index (κ3) is 2.57. The van der Waals surface area contributed by atoms with Gasteiger partial charge in [-0.05, 0) is 39.4 Å². The van der Waals surface area contributed by atoms with Gasteiger partial charge in [-0.3, -0.25) is 14.9 Å². The molecule has 2 atom stereocenters. The third-order valence-corrected chi connectivity index (χ3v) is 3.37. The molecule has 2 rings (SSSR count). The van der Waals surface area contributed by atoms with Gasteiger partial charge in [0.2, 0.25) is 0 Å². The summed E-state index contributed by atoms with van der Waals surface area (Å²) in [5, 5.41) is 3.25. The molecule has 0 bridgehead atoms. The number of rotatable bonds is 4. The Morgan fingerprint density at radius 1 is 1.56 bits per heavy atom.